The molecule has 0 atom stereocenters. The van der Waals surface area contributed by atoms with Crippen LogP contribution in [0.1, 0.15) is 19.4 Å². The highest BCUT2D eigenvalue weighted by atomic mass is 79.9. The van der Waals surface area contributed by atoms with Gasteiger partial charge < -0.3 is 19.9 Å². The van der Waals surface area contributed by atoms with E-state index in [4.69, 9.17) is 9.47 Å². The Bertz CT molecular complexity index is 402. The Morgan fingerprint density at radius 3 is 2.56 bits per heavy atom. The minimum absolute atomic E-state index is 0.202. The van der Waals surface area contributed by atoms with Gasteiger partial charge in [0.1, 0.15) is 6.61 Å². The Morgan fingerprint density at radius 2 is 2.06 bits per heavy atom. The normalized spacial score (nSPS) is 11.4. The summed E-state index contributed by atoms with van der Waals surface area (Å²) in [5, 5.41) is 12.8. The van der Waals surface area contributed by atoms with Crippen LogP contribution in [0, 0.1) is 0 Å². The van der Waals surface area contributed by atoms with E-state index < -0.39 is 5.60 Å². The molecule has 0 heterocycles. The zero-order valence-electron chi connectivity index (χ0n) is 11.2. The van der Waals surface area contributed by atoms with E-state index >= 15 is 0 Å². The van der Waals surface area contributed by atoms with Crippen molar-refractivity contribution in [3.8, 4) is 11.5 Å². The average Bonchev–Trinajstić information content (AvgIpc) is 2.26. The molecule has 0 unspecified atom stereocenters. The topological polar surface area (TPSA) is 50.7 Å². The molecule has 1 aromatic carbocycles. The minimum Gasteiger partial charge on any atom is -0.493 e. The first-order valence-corrected chi connectivity index (χ1v) is 6.53. The van der Waals surface area contributed by atoms with Crippen molar-refractivity contribution in [3.05, 3.63) is 22.2 Å². The molecule has 102 valence electrons. The fourth-order valence-electron chi connectivity index (χ4n) is 1.47. The first-order valence-electron chi connectivity index (χ1n) is 5.73. The largest absolute Gasteiger partial charge is 0.493 e. The van der Waals surface area contributed by atoms with Crippen LogP contribution < -0.4 is 14.8 Å². The molecule has 0 amide bonds. The maximum Gasteiger partial charge on any atom is 0.175 e. The molecule has 0 saturated heterocycles. The lowest BCUT2D eigenvalue weighted by atomic mass is 10.1. The SMILES string of the molecule is CNCc1cc(Br)c(OCC(C)(C)O)c(OC)c1. The van der Waals surface area contributed by atoms with Gasteiger partial charge in [0, 0.05) is 6.54 Å². The highest BCUT2D eigenvalue weighted by molar-refractivity contribution is 9.10. The van der Waals surface area contributed by atoms with Gasteiger partial charge in [-0.05, 0) is 54.5 Å². The second kappa shape index (κ2) is 6.41. The van der Waals surface area contributed by atoms with Crippen LogP contribution in [-0.2, 0) is 6.54 Å². The average molecular weight is 318 g/mol. The van der Waals surface area contributed by atoms with Crippen LogP contribution in [-0.4, -0.2) is 31.5 Å². The lowest BCUT2D eigenvalue weighted by Crippen LogP contribution is -2.28. The minimum atomic E-state index is -0.881. The highest BCUT2D eigenvalue weighted by Crippen LogP contribution is 2.37. The number of halogens is 1. The molecule has 0 aliphatic rings. The first kappa shape index (κ1) is 15.3. The van der Waals surface area contributed by atoms with Crippen molar-refractivity contribution < 1.29 is 14.6 Å². The van der Waals surface area contributed by atoms with Crippen LogP contribution in [0.15, 0.2) is 16.6 Å². The van der Waals surface area contributed by atoms with Gasteiger partial charge in [0.2, 0.25) is 0 Å². The number of rotatable bonds is 6. The van der Waals surface area contributed by atoms with Crippen LogP contribution in [0.4, 0.5) is 0 Å². The van der Waals surface area contributed by atoms with Gasteiger partial charge in [-0.2, -0.15) is 0 Å². The van der Waals surface area contributed by atoms with Gasteiger partial charge in [-0.3, -0.25) is 0 Å². The van der Waals surface area contributed by atoms with Crippen LogP contribution in [0.25, 0.3) is 0 Å². The number of aliphatic hydroxyl groups is 1. The van der Waals surface area contributed by atoms with Gasteiger partial charge >= 0.3 is 0 Å². The van der Waals surface area contributed by atoms with Crippen molar-refractivity contribution >= 4 is 15.9 Å². The summed E-state index contributed by atoms with van der Waals surface area (Å²) in [6, 6.07) is 3.89. The molecule has 18 heavy (non-hydrogen) atoms. The van der Waals surface area contributed by atoms with Crippen molar-refractivity contribution in [2.45, 2.75) is 26.0 Å². The van der Waals surface area contributed by atoms with E-state index in [1.807, 2.05) is 19.2 Å². The molecule has 4 nitrogen and oxygen atoms in total. The molecule has 0 bridgehead atoms. The summed E-state index contributed by atoms with van der Waals surface area (Å²) in [6.45, 7) is 4.35. The number of ether oxygens (including phenoxy) is 2. The maximum absolute atomic E-state index is 9.68. The predicted octanol–water partition coefficient (Wildman–Crippen LogP) is 2.33. The maximum atomic E-state index is 9.68. The Morgan fingerprint density at radius 1 is 1.39 bits per heavy atom. The highest BCUT2D eigenvalue weighted by Gasteiger charge is 2.17. The fraction of sp³-hybridized carbons (Fsp3) is 0.538. The number of nitrogens with one attached hydrogen (secondary N) is 1. The van der Waals surface area contributed by atoms with E-state index in [0.717, 1.165) is 16.6 Å². The summed E-state index contributed by atoms with van der Waals surface area (Å²) in [5.74, 6) is 1.26. The van der Waals surface area contributed by atoms with Gasteiger partial charge in [-0.25, -0.2) is 0 Å². The molecule has 2 N–H and O–H groups in total. The Kier molecular flexibility index (Phi) is 5.44. The fourth-order valence-corrected chi connectivity index (χ4v) is 2.07. The first-order chi connectivity index (χ1) is 8.37. The Balaban J connectivity index is 2.96. The second-order valence-electron chi connectivity index (χ2n) is 4.74. The van der Waals surface area contributed by atoms with E-state index in [1.165, 1.54) is 0 Å². The summed E-state index contributed by atoms with van der Waals surface area (Å²) >= 11 is 3.46. The summed E-state index contributed by atoms with van der Waals surface area (Å²) < 4.78 is 11.7. The third kappa shape index (κ3) is 4.48. The van der Waals surface area contributed by atoms with Crippen LogP contribution in [0.2, 0.25) is 0 Å². The monoisotopic (exact) mass is 317 g/mol. The summed E-state index contributed by atoms with van der Waals surface area (Å²) in [4.78, 5) is 0. The van der Waals surface area contributed by atoms with E-state index in [2.05, 4.69) is 21.2 Å². The summed E-state index contributed by atoms with van der Waals surface area (Å²) in [5.41, 5.74) is 0.213. The quantitative estimate of drug-likeness (QED) is 0.845. The van der Waals surface area contributed by atoms with Crippen LogP contribution in [0.5, 0.6) is 11.5 Å². The second-order valence-corrected chi connectivity index (χ2v) is 5.59. The van der Waals surface area contributed by atoms with Crippen molar-refractivity contribution in [1.82, 2.24) is 5.32 Å². The molecule has 0 fully saturated rings. The molecule has 0 aliphatic carbocycles. The van der Waals surface area contributed by atoms with Gasteiger partial charge in [-0.15, -0.1) is 0 Å². The zero-order valence-corrected chi connectivity index (χ0v) is 12.8. The summed E-state index contributed by atoms with van der Waals surface area (Å²) in [6.07, 6.45) is 0. The van der Waals surface area contributed by atoms with Crippen molar-refractivity contribution in [1.29, 1.82) is 0 Å². The molecular formula is C13H20BrNO3. The van der Waals surface area contributed by atoms with Crippen LogP contribution in [0.3, 0.4) is 0 Å². The number of benzene rings is 1. The van der Waals surface area contributed by atoms with Gasteiger partial charge in [0.25, 0.3) is 0 Å². The molecule has 0 aliphatic heterocycles. The zero-order chi connectivity index (χ0) is 13.8. The molecule has 0 aromatic heterocycles. The van der Waals surface area contributed by atoms with E-state index in [0.29, 0.717) is 11.5 Å². The lowest BCUT2D eigenvalue weighted by Gasteiger charge is -2.20. The van der Waals surface area contributed by atoms with Gasteiger partial charge in [0.15, 0.2) is 11.5 Å². The van der Waals surface area contributed by atoms with E-state index in [1.54, 1.807) is 21.0 Å². The number of hydrogen-bond acceptors (Lipinski definition) is 4. The Hall–Kier alpha value is -0.780. The van der Waals surface area contributed by atoms with Gasteiger partial charge in [0.05, 0.1) is 17.2 Å². The molecule has 0 saturated carbocycles. The predicted molar refractivity (Wildman–Crippen MR) is 75.3 cm³/mol. The third-order valence-corrected chi connectivity index (χ3v) is 2.83. The molecule has 0 spiro atoms. The molecule has 1 aromatic rings. The van der Waals surface area contributed by atoms with Crippen LogP contribution >= 0.6 is 15.9 Å². The third-order valence-electron chi connectivity index (χ3n) is 2.24. The summed E-state index contributed by atoms with van der Waals surface area (Å²) in [7, 11) is 3.49. The Labute approximate surface area is 116 Å². The van der Waals surface area contributed by atoms with E-state index in [-0.39, 0.29) is 6.61 Å². The van der Waals surface area contributed by atoms with E-state index in [9.17, 15) is 5.11 Å². The van der Waals surface area contributed by atoms with Crippen molar-refractivity contribution in [2.24, 2.45) is 0 Å². The number of methoxy groups -OCH3 is 1. The molecular weight excluding hydrogens is 298 g/mol. The van der Waals surface area contributed by atoms with Crippen molar-refractivity contribution in [2.75, 3.05) is 20.8 Å². The standard InChI is InChI=1S/C13H20BrNO3/c1-13(2,16)8-18-12-10(14)5-9(7-15-3)6-11(12)17-4/h5-6,15-16H,7-8H2,1-4H3. The molecule has 1 rings (SSSR count). The molecule has 0 radical (unpaired) electrons. The molecule has 5 heteroatoms. The number of hydrogen-bond donors (Lipinski definition) is 2. The lowest BCUT2D eigenvalue weighted by molar-refractivity contribution is 0.0273. The smallest absolute Gasteiger partial charge is 0.175 e. The van der Waals surface area contributed by atoms with Crippen molar-refractivity contribution in [3.63, 3.8) is 0 Å². The van der Waals surface area contributed by atoms with Gasteiger partial charge in [-0.1, -0.05) is 0 Å².